The molecule has 2 aromatic rings. The largest absolute Gasteiger partial charge is 0.329 e. The van der Waals surface area contributed by atoms with Crippen LogP contribution in [-0.4, -0.2) is 18.1 Å². The molecular weight excluding hydrogens is 210 g/mol. The van der Waals surface area contributed by atoms with Crippen molar-refractivity contribution >= 4 is 0 Å². The molecule has 3 heteroatoms. The number of nitrogens with one attached hydrogen (secondary N) is 1. The summed E-state index contributed by atoms with van der Waals surface area (Å²) in [5.74, 6) is 0. The van der Waals surface area contributed by atoms with E-state index in [1.807, 2.05) is 24.4 Å². The number of rotatable bonds is 5. The van der Waals surface area contributed by atoms with Gasteiger partial charge in [-0.15, -0.1) is 0 Å². The van der Waals surface area contributed by atoms with Gasteiger partial charge in [-0.3, -0.25) is 4.98 Å². The van der Waals surface area contributed by atoms with Gasteiger partial charge >= 0.3 is 0 Å². The van der Waals surface area contributed by atoms with Crippen LogP contribution in [0.25, 0.3) is 11.3 Å². The zero-order chi connectivity index (χ0) is 11.9. The molecule has 0 saturated heterocycles. The van der Waals surface area contributed by atoms with Crippen LogP contribution in [0.4, 0.5) is 0 Å². The highest BCUT2D eigenvalue weighted by Crippen LogP contribution is 2.16. The average Bonchev–Trinajstić information content (AvgIpc) is 2.41. The van der Waals surface area contributed by atoms with E-state index in [9.17, 15) is 0 Å². The molecule has 88 valence electrons. The molecule has 0 radical (unpaired) electrons. The van der Waals surface area contributed by atoms with E-state index < -0.39 is 0 Å². The summed E-state index contributed by atoms with van der Waals surface area (Å²) in [6.45, 7) is 2.38. The summed E-state index contributed by atoms with van der Waals surface area (Å²) in [7, 11) is 0. The molecule has 0 bridgehead atoms. The topological polar surface area (TPSA) is 50.9 Å². The molecule has 17 heavy (non-hydrogen) atoms. The molecule has 0 atom stereocenters. The minimum Gasteiger partial charge on any atom is -0.329 e. The fraction of sp³-hybridized carbons (Fsp3) is 0.214. The Labute approximate surface area is 102 Å². The molecule has 0 aliphatic heterocycles. The highest BCUT2D eigenvalue weighted by Gasteiger charge is 1.98. The fourth-order valence-corrected chi connectivity index (χ4v) is 1.66. The van der Waals surface area contributed by atoms with Crippen LogP contribution in [-0.2, 0) is 6.54 Å². The first-order valence-electron chi connectivity index (χ1n) is 5.81. The third-order valence-corrected chi connectivity index (χ3v) is 2.56. The maximum absolute atomic E-state index is 5.42. The van der Waals surface area contributed by atoms with Crippen molar-refractivity contribution in [1.82, 2.24) is 10.3 Å². The van der Waals surface area contributed by atoms with Crippen LogP contribution in [0.1, 0.15) is 5.56 Å². The Kier molecular flexibility index (Phi) is 4.24. The molecule has 1 aromatic carbocycles. The number of pyridine rings is 1. The van der Waals surface area contributed by atoms with Crippen molar-refractivity contribution < 1.29 is 0 Å². The van der Waals surface area contributed by atoms with E-state index in [-0.39, 0.29) is 0 Å². The lowest BCUT2D eigenvalue weighted by Gasteiger charge is -2.05. The molecule has 0 aliphatic rings. The number of hydrogen-bond acceptors (Lipinski definition) is 3. The molecule has 0 unspecified atom stereocenters. The minimum absolute atomic E-state index is 0.673. The molecule has 0 saturated carbocycles. The predicted octanol–water partition coefficient (Wildman–Crippen LogP) is 1.80. The fourth-order valence-electron chi connectivity index (χ4n) is 1.66. The third kappa shape index (κ3) is 3.37. The normalized spacial score (nSPS) is 10.4. The van der Waals surface area contributed by atoms with Gasteiger partial charge in [0.2, 0.25) is 0 Å². The molecule has 1 heterocycles. The lowest BCUT2D eigenvalue weighted by atomic mass is 10.1. The molecule has 1 aromatic heterocycles. The Balaban J connectivity index is 2.03. The summed E-state index contributed by atoms with van der Waals surface area (Å²) in [6.07, 6.45) is 1.81. The number of hydrogen-bond donors (Lipinski definition) is 2. The van der Waals surface area contributed by atoms with Crippen LogP contribution < -0.4 is 11.1 Å². The summed E-state index contributed by atoms with van der Waals surface area (Å²) in [5, 5.41) is 3.27. The van der Waals surface area contributed by atoms with Crippen LogP contribution in [0.2, 0.25) is 0 Å². The van der Waals surface area contributed by atoms with Crippen molar-refractivity contribution in [2.24, 2.45) is 5.73 Å². The lowest BCUT2D eigenvalue weighted by Crippen LogP contribution is -2.21. The quantitative estimate of drug-likeness (QED) is 0.766. The lowest BCUT2D eigenvalue weighted by molar-refractivity contribution is 0.695. The number of nitrogens with zero attached hydrogens (tertiary/aromatic N) is 1. The second-order valence-electron chi connectivity index (χ2n) is 3.88. The van der Waals surface area contributed by atoms with Gasteiger partial charge < -0.3 is 11.1 Å². The summed E-state index contributed by atoms with van der Waals surface area (Å²) in [4.78, 5) is 4.32. The van der Waals surface area contributed by atoms with Gasteiger partial charge in [-0.2, -0.15) is 0 Å². The first kappa shape index (κ1) is 11.8. The minimum atomic E-state index is 0.673. The first-order chi connectivity index (χ1) is 8.40. The smallest absolute Gasteiger partial charge is 0.0701 e. The highest BCUT2D eigenvalue weighted by molar-refractivity contribution is 5.58. The SMILES string of the molecule is NCCNCc1ccc(-c2ccccn2)cc1. The van der Waals surface area contributed by atoms with Crippen molar-refractivity contribution in [2.75, 3.05) is 13.1 Å². The van der Waals surface area contributed by atoms with E-state index in [2.05, 4.69) is 34.6 Å². The van der Waals surface area contributed by atoms with Crippen molar-refractivity contribution in [3.63, 3.8) is 0 Å². The van der Waals surface area contributed by atoms with Gasteiger partial charge in [0.25, 0.3) is 0 Å². The van der Waals surface area contributed by atoms with Crippen molar-refractivity contribution in [1.29, 1.82) is 0 Å². The molecule has 0 fully saturated rings. The maximum atomic E-state index is 5.42. The van der Waals surface area contributed by atoms with E-state index >= 15 is 0 Å². The number of nitrogens with two attached hydrogens (primary N) is 1. The standard InChI is InChI=1S/C14H17N3/c15-8-10-16-11-12-4-6-13(7-5-12)14-3-1-2-9-17-14/h1-7,9,16H,8,10-11,15H2. The monoisotopic (exact) mass is 227 g/mol. The Morgan fingerprint density at radius 1 is 1.06 bits per heavy atom. The van der Waals surface area contributed by atoms with Gasteiger partial charge in [-0.25, -0.2) is 0 Å². The summed E-state index contributed by atoms with van der Waals surface area (Å²) in [6, 6.07) is 14.4. The zero-order valence-electron chi connectivity index (χ0n) is 9.76. The number of benzene rings is 1. The van der Waals surface area contributed by atoms with Crippen molar-refractivity contribution in [3.8, 4) is 11.3 Å². The van der Waals surface area contributed by atoms with Crippen LogP contribution in [0, 0.1) is 0 Å². The first-order valence-corrected chi connectivity index (χ1v) is 5.81. The Morgan fingerprint density at radius 2 is 1.88 bits per heavy atom. The summed E-state index contributed by atoms with van der Waals surface area (Å²) in [5.41, 5.74) is 8.84. The molecule has 0 amide bonds. The van der Waals surface area contributed by atoms with E-state index in [1.165, 1.54) is 5.56 Å². The Bertz CT molecular complexity index is 437. The van der Waals surface area contributed by atoms with Gasteiger partial charge in [0, 0.05) is 31.4 Å². The van der Waals surface area contributed by atoms with Gasteiger partial charge in [0.05, 0.1) is 5.69 Å². The number of aromatic nitrogens is 1. The van der Waals surface area contributed by atoms with E-state index in [0.29, 0.717) is 6.54 Å². The van der Waals surface area contributed by atoms with Crippen molar-refractivity contribution in [2.45, 2.75) is 6.54 Å². The van der Waals surface area contributed by atoms with Crippen LogP contribution in [0.3, 0.4) is 0 Å². The maximum Gasteiger partial charge on any atom is 0.0701 e. The second kappa shape index (κ2) is 6.13. The van der Waals surface area contributed by atoms with Crippen LogP contribution >= 0.6 is 0 Å². The van der Waals surface area contributed by atoms with Gasteiger partial charge in [-0.1, -0.05) is 30.3 Å². The molecule has 3 nitrogen and oxygen atoms in total. The van der Waals surface area contributed by atoms with Crippen LogP contribution in [0.15, 0.2) is 48.7 Å². The molecular formula is C14H17N3. The van der Waals surface area contributed by atoms with E-state index in [0.717, 1.165) is 24.3 Å². The van der Waals surface area contributed by atoms with Crippen molar-refractivity contribution in [3.05, 3.63) is 54.2 Å². The summed E-state index contributed by atoms with van der Waals surface area (Å²) < 4.78 is 0. The molecule has 3 N–H and O–H groups in total. The second-order valence-corrected chi connectivity index (χ2v) is 3.88. The van der Waals surface area contributed by atoms with Crippen LogP contribution in [0.5, 0.6) is 0 Å². The van der Waals surface area contributed by atoms with E-state index in [4.69, 9.17) is 5.73 Å². The average molecular weight is 227 g/mol. The predicted molar refractivity (Wildman–Crippen MR) is 70.4 cm³/mol. The highest BCUT2D eigenvalue weighted by atomic mass is 14.9. The van der Waals surface area contributed by atoms with Gasteiger partial charge in [0.1, 0.15) is 0 Å². The van der Waals surface area contributed by atoms with Gasteiger partial charge in [-0.05, 0) is 17.7 Å². The Hall–Kier alpha value is -1.71. The van der Waals surface area contributed by atoms with E-state index in [1.54, 1.807) is 0 Å². The summed E-state index contributed by atoms with van der Waals surface area (Å²) >= 11 is 0. The Morgan fingerprint density at radius 3 is 2.53 bits per heavy atom. The molecule has 2 rings (SSSR count). The zero-order valence-corrected chi connectivity index (χ0v) is 9.76. The third-order valence-electron chi connectivity index (χ3n) is 2.56. The van der Waals surface area contributed by atoms with Gasteiger partial charge in [0.15, 0.2) is 0 Å². The molecule has 0 aliphatic carbocycles. The molecule has 0 spiro atoms.